The number of urea groups is 1. The van der Waals surface area contributed by atoms with E-state index >= 15 is 0 Å². The number of anilines is 1. The number of benzene rings is 1. The predicted octanol–water partition coefficient (Wildman–Crippen LogP) is 1.17. The third-order valence-corrected chi connectivity index (χ3v) is 2.22. The number of ether oxygens (including phenoxy) is 2. The number of amides is 3. The normalized spacial score (nSPS) is 9.37. The molecule has 3 amide bonds. The lowest BCUT2D eigenvalue weighted by Gasteiger charge is -2.11. The minimum Gasteiger partial charge on any atom is -0.495 e. The Morgan fingerprint density at radius 3 is 2.47 bits per heavy atom. The van der Waals surface area contributed by atoms with Crippen LogP contribution in [-0.2, 0) is 4.74 Å². The molecular formula is C12H17N3O4. The van der Waals surface area contributed by atoms with Crippen molar-refractivity contribution < 1.29 is 19.1 Å². The van der Waals surface area contributed by atoms with Crippen LogP contribution in [-0.4, -0.2) is 39.4 Å². The van der Waals surface area contributed by atoms with E-state index in [1.54, 1.807) is 18.2 Å². The molecule has 0 saturated carbocycles. The van der Waals surface area contributed by atoms with E-state index in [0.29, 0.717) is 11.4 Å². The molecule has 0 aliphatic carbocycles. The second-order valence-corrected chi connectivity index (χ2v) is 3.50. The molecule has 0 saturated heterocycles. The molecule has 0 unspecified atom stereocenters. The number of carbonyl (C=O) groups is 2. The Hall–Kier alpha value is -2.44. The van der Waals surface area contributed by atoms with Gasteiger partial charge in [0.15, 0.2) is 0 Å². The maximum atomic E-state index is 11.6. The van der Waals surface area contributed by atoms with Gasteiger partial charge in [-0.05, 0) is 12.1 Å². The van der Waals surface area contributed by atoms with E-state index in [9.17, 15) is 9.59 Å². The molecule has 0 atom stereocenters. The van der Waals surface area contributed by atoms with Gasteiger partial charge in [-0.15, -0.1) is 0 Å². The Morgan fingerprint density at radius 1 is 1.11 bits per heavy atom. The molecule has 0 aliphatic heterocycles. The molecule has 0 bridgehead atoms. The smallest absolute Gasteiger partial charge is 0.406 e. The lowest BCUT2D eigenvalue weighted by Crippen LogP contribution is -2.36. The molecule has 7 heteroatoms. The van der Waals surface area contributed by atoms with Crippen LogP contribution < -0.4 is 20.7 Å². The summed E-state index contributed by atoms with van der Waals surface area (Å²) < 4.78 is 9.49. The highest BCUT2D eigenvalue weighted by molar-refractivity contribution is 5.90. The van der Waals surface area contributed by atoms with E-state index < -0.39 is 6.09 Å². The van der Waals surface area contributed by atoms with Crippen LogP contribution in [0.3, 0.4) is 0 Å². The fraction of sp³-hybridized carbons (Fsp3) is 0.333. The summed E-state index contributed by atoms with van der Waals surface area (Å²) in [7, 11) is 2.80. The van der Waals surface area contributed by atoms with Gasteiger partial charge in [0.2, 0.25) is 0 Å². The van der Waals surface area contributed by atoms with Gasteiger partial charge < -0.3 is 25.4 Å². The fourth-order valence-corrected chi connectivity index (χ4v) is 1.33. The van der Waals surface area contributed by atoms with E-state index in [4.69, 9.17) is 4.74 Å². The first kappa shape index (κ1) is 14.6. The minimum atomic E-state index is -0.535. The zero-order valence-electron chi connectivity index (χ0n) is 10.9. The van der Waals surface area contributed by atoms with Crippen molar-refractivity contribution in [2.24, 2.45) is 0 Å². The molecule has 3 N–H and O–H groups in total. The van der Waals surface area contributed by atoms with Crippen molar-refractivity contribution in [3.8, 4) is 5.75 Å². The molecule has 0 fully saturated rings. The Bertz CT molecular complexity index is 437. The van der Waals surface area contributed by atoms with Gasteiger partial charge in [-0.3, -0.25) is 0 Å². The summed E-state index contributed by atoms with van der Waals surface area (Å²) in [5, 5.41) is 7.68. The molecular weight excluding hydrogens is 250 g/mol. The van der Waals surface area contributed by atoms with E-state index in [2.05, 4.69) is 20.7 Å². The first-order valence-electron chi connectivity index (χ1n) is 5.67. The van der Waals surface area contributed by atoms with Crippen LogP contribution in [0.5, 0.6) is 5.75 Å². The van der Waals surface area contributed by atoms with Crippen molar-refractivity contribution in [2.75, 3.05) is 32.6 Å². The molecule has 19 heavy (non-hydrogen) atoms. The van der Waals surface area contributed by atoms with Gasteiger partial charge in [-0.2, -0.15) is 0 Å². The van der Waals surface area contributed by atoms with Crippen LogP contribution in [0, 0.1) is 0 Å². The van der Waals surface area contributed by atoms with Crippen molar-refractivity contribution in [1.82, 2.24) is 10.6 Å². The van der Waals surface area contributed by atoms with Crippen LogP contribution in [0.25, 0.3) is 0 Å². The summed E-state index contributed by atoms with van der Waals surface area (Å²) in [6.45, 7) is 0.572. The molecule has 1 rings (SSSR count). The van der Waals surface area contributed by atoms with Crippen LogP contribution in [0.15, 0.2) is 24.3 Å². The number of alkyl carbamates (subject to hydrolysis) is 1. The van der Waals surface area contributed by atoms with Gasteiger partial charge in [0.1, 0.15) is 5.75 Å². The van der Waals surface area contributed by atoms with Gasteiger partial charge in [0, 0.05) is 13.1 Å². The van der Waals surface area contributed by atoms with Crippen molar-refractivity contribution in [3.63, 3.8) is 0 Å². The summed E-state index contributed by atoms with van der Waals surface area (Å²) >= 11 is 0. The highest BCUT2D eigenvalue weighted by Gasteiger charge is 2.05. The highest BCUT2D eigenvalue weighted by Crippen LogP contribution is 2.22. The second-order valence-electron chi connectivity index (χ2n) is 3.50. The molecule has 0 radical (unpaired) electrons. The third kappa shape index (κ3) is 5.15. The summed E-state index contributed by atoms with van der Waals surface area (Å²) in [6, 6.07) is 6.69. The summed E-state index contributed by atoms with van der Waals surface area (Å²) in [6.07, 6.45) is -0.535. The van der Waals surface area contributed by atoms with Crippen LogP contribution in [0.1, 0.15) is 0 Å². The van der Waals surface area contributed by atoms with Crippen molar-refractivity contribution in [3.05, 3.63) is 24.3 Å². The number of methoxy groups -OCH3 is 2. The molecule has 1 aromatic rings. The van der Waals surface area contributed by atoms with E-state index in [1.807, 2.05) is 6.07 Å². The average Bonchev–Trinajstić information content (AvgIpc) is 2.43. The minimum absolute atomic E-state index is 0.284. The van der Waals surface area contributed by atoms with Gasteiger partial charge in [0.25, 0.3) is 0 Å². The molecule has 1 aromatic carbocycles. The molecule has 0 aromatic heterocycles. The highest BCUT2D eigenvalue weighted by atomic mass is 16.5. The summed E-state index contributed by atoms with van der Waals surface area (Å²) in [4.78, 5) is 22.3. The molecule has 0 spiro atoms. The number of nitrogens with one attached hydrogen (secondary N) is 3. The van der Waals surface area contributed by atoms with Crippen molar-refractivity contribution >= 4 is 17.8 Å². The number of rotatable bonds is 5. The maximum Gasteiger partial charge on any atom is 0.406 e. The fourth-order valence-electron chi connectivity index (χ4n) is 1.33. The largest absolute Gasteiger partial charge is 0.495 e. The number of hydrogen-bond donors (Lipinski definition) is 3. The predicted molar refractivity (Wildman–Crippen MR) is 70.4 cm³/mol. The van der Waals surface area contributed by atoms with Crippen LogP contribution in [0.2, 0.25) is 0 Å². The van der Waals surface area contributed by atoms with E-state index in [1.165, 1.54) is 14.2 Å². The average molecular weight is 267 g/mol. The number of hydrogen-bond acceptors (Lipinski definition) is 4. The van der Waals surface area contributed by atoms with Crippen LogP contribution >= 0.6 is 0 Å². The number of carbonyl (C=O) groups excluding carboxylic acids is 2. The Morgan fingerprint density at radius 2 is 1.79 bits per heavy atom. The topological polar surface area (TPSA) is 88.7 Å². The second kappa shape index (κ2) is 7.80. The Kier molecular flexibility index (Phi) is 6.00. The Balaban J connectivity index is 2.33. The first-order valence-corrected chi connectivity index (χ1v) is 5.67. The SMILES string of the molecule is COC(=O)NCCNC(=O)Nc1ccccc1OC. The van der Waals surface area contributed by atoms with Gasteiger partial charge in [-0.25, -0.2) is 9.59 Å². The third-order valence-electron chi connectivity index (χ3n) is 2.22. The van der Waals surface area contributed by atoms with Gasteiger partial charge in [-0.1, -0.05) is 12.1 Å². The molecule has 7 nitrogen and oxygen atoms in total. The lowest BCUT2D eigenvalue weighted by atomic mass is 10.3. The quantitative estimate of drug-likeness (QED) is 0.699. The number of para-hydroxylation sites is 2. The van der Waals surface area contributed by atoms with Gasteiger partial charge in [0.05, 0.1) is 19.9 Å². The Labute approximate surface area is 111 Å². The molecule has 0 heterocycles. The summed E-state index contributed by atoms with van der Waals surface area (Å²) in [5.74, 6) is 0.574. The monoisotopic (exact) mass is 267 g/mol. The molecule has 0 aliphatic rings. The van der Waals surface area contributed by atoms with Crippen LogP contribution in [0.4, 0.5) is 15.3 Å². The van der Waals surface area contributed by atoms with Gasteiger partial charge >= 0.3 is 12.1 Å². The van der Waals surface area contributed by atoms with Crippen molar-refractivity contribution in [2.45, 2.75) is 0 Å². The molecule has 104 valence electrons. The standard InChI is InChI=1S/C12H17N3O4/c1-18-10-6-4-3-5-9(10)15-11(16)13-7-8-14-12(17)19-2/h3-6H,7-8H2,1-2H3,(H,14,17)(H2,13,15,16). The zero-order chi connectivity index (χ0) is 14.1. The summed E-state index contributed by atoms with van der Waals surface area (Å²) in [5.41, 5.74) is 0.573. The lowest BCUT2D eigenvalue weighted by molar-refractivity contribution is 0.171. The van der Waals surface area contributed by atoms with Crippen molar-refractivity contribution in [1.29, 1.82) is 0 Å². The van der Waals surface area contributed by atoms with E-state index in [-0.39, 0.29) is 19.1 Å². The first-order chi connectivity index (χ1) is 9.17. The zero-order valence-corrected chi connectivity index (χ0v) is 10.9. The maximum absolute atomic E-state index is 11.6. The van der Waals surface area contributed by atoms with E-state index in [0.717, 1.165) is 0 Å².